The summed E-state index contributed by atoms with van der Waals surface area (Å²) in [6, 6.07) is 13.8. The normalized spacial score (nSPS) is 19.3. The van der Waals surface area contributed by atoms with Gasteiger partial charge >= 0.3 is 0 Å². The smallest absolute Gasteiger partial charge is 0.205 e. The van der Waals surface area contributed by atoms with Crippen molar-refractivity contribution >= 4 is 5.78 Å². The molecule has 0 bridgehead atoms. The fourth-order valence-corrected chi connectivity index (χ4v) is 4.48. The standard InChI is InChI=1S/C27H27FN2O4/c1-4-32-22-11-16(9-10-21(22)33-15-17-7-5-6-8-19(17)28)24-18(14-29)26(30)34-23-13-27(2,3)12-20(31)25(23)24/h5-11,24H,4,12-13,15,30H2,1-3H3. The Morgan fingerprint density at radius 3 is 2.65 bits per heavy atom. The minimum absolute atomic E-state index is 0.00888. The lowest BCUT2D eigenvalue weighted by Gasteiger charge is -2.37. The number of hydrogen-bond donors (Lipinski definition) is 1. The van der Waals surface area contributed by atoms with Crippen molar-refractivity contribution in [3.8, 4) is 17.6 Å². The van der Waals surface area contributed by atoms with Crippen LogP contribution in [0.4, 0.5) is 4.39 Å². The molecule has 0 saturated heterocycles. The van der Waals surface area contributed by atoms with Gasteiger partial charge in [-0.25, -0.2) is 4.39 Å². The van der Waals surface area contributed by atoms with Crippen LogP contribution in [0.25, 0.3) is 0 Å². The van der Waals surface area contributed by atoms with Gasteiger partial charge < -0.3 is 19.9 Å². The van der Waals surface area contributed by atoms with E-state index in [1.165, 1.54) is 6.07 Å². The molecule has 2 aromatic carbocycles. The van der Waals surface area contributed by atoms with Crippen molar-refractivity contribution in [2.24, 2.45) is 11.1 Å². The molecule has 2 aliphatic rings. The van der Waals surface area contributed by atoms with Crippen LogP contribution in [0, 0.1) is 22.6 Å². The lowest BCUT2D eigenvalue weighted by atomic mass is 9.70. The van der Waals surface area contributed by atoms with Crippen molar-refractivity contribution in [3.05, 3.63) is 82.2 Å². The SMILES string of the molecule is CCOc1cc(C2C(C#N)=C(N)OC3=C2C(=O)CC(C)(C)C3)ccc1OCc1ccccc1F. The third kappa shape index (κ3) is 4.49. The number of Topliss-reactive ketones (excluding diaryl/α,β-unsaturated/α-hetero) is 1. The maximum Gasteiger partial charge on any atom is 0.205 e. The second kappa shape index (κ2) is 9.22. The van der Waals surface area contributed by atoms with Gasteiger partial charge in [0.1, 0.15) is 29.8 Å². The molecule has 0 amide bonds. The number of rotatable bonds is 6. The van der Waals surface area contributed by atoms with Crippen LogP contribution >= 0.6 is 0 Å². The zero-order chi connectivity index (χ0) is 24.5. The van der Waals surface area contributed by atoms with Gasteiger partial charge in [-0.3, -0.25) is 4.79 Å². The summed E-state index contributed by atoms with van der Waals surface area (Å²) in [7, 11) is 0. The second-order valence-electron chi connectivity index (χ2n) is 9.22. The van der Waals surface area contributed by atoms with Gasteiger partial charge in [0.05, 0.1) is 12.5 Å². The van der Waals surface area contributed by atoms with E-state index in [0.29, 0.717) is 53.4 Å². The molecule has 2 aromatic rings. The Kier molecular flexibility index (Phi) is 6.34. The van der Waals surface area contributed by atoms with E-state index < -0.39 is 5.92 Å². The Morgan fingerprint density at radius 2 is 1.94 bits per heavy atom. The lowest BCUT2D eigenvalue weighted by molar-refractivity contribution is -0.119. The molecule has 6 nitrogen and oxygen atoms in total. The van der Waals surface area contributed by atoms with E-state index in [1.54, 1.807) is 36.4 Å². The largest absolute Gasteiger partial charge is 0.490 e. The Morgan fingerprint density at radius 1 is 1.18 bits per heavy atom. The van der Waals surface area contributed by atoms with Crippen LogP contribution in [0.2, 0.25) is 0 Å². The van der Waals surface area contributed by atoms with Crippen molar-refractivity contribution < 1.29 is 23.4 Å². The summed E-state index contributed by atoms with van der Waals surface area (Å²) >= 11 is 0. The van der Waals surface area contributed by atoms with E-state index in [0.717, 1.165) is 0 Å². The van der Waals surface area contributed by atoms with Gasteiger partial charge in [-0.05, 0) is 36.1 Å². The summed E-state index contributed by atoms with van der Waals surface area (Å²) in [5.74, 6) is 0.324. The number of halogens is 1. The zero-order valence-electron chi connectivity index (χ0n) is 19.5. The highest BCUT2D eigenvalue weighted by molar-refractivity contribution is 6.00. The molecule has 1 heterocycles. The third-order valence-corrected chi connectivity index (χ3v) is 6.02. The maximum absolute atomic E-state index is 14.0. The first-order chi connectivity index (χ1) is 16.2. The van der Waals surface area contributed by atoms with Crippen LogP contribution in [0.15, 0.2) is 65.3 Å². The van der Waals surface area contributed by atoms with Crippen molar-refractivity contribution in [2.75, 3.05) is 6.61 Å². The van der Waals surface area contributed by atoms with Gasteiger partial charge in [0.2, 0.25) is 5.88 Å². The van der Waals surface area contributed by atoms with E-state index in [1.807, 2.05) is 20.8 Å². The monoisotopic (exact) mass is 462 g/mol. The highest BCUT2D eigenvalue weighted by atomic mass is 19.1. The van der Waals surface area contributed by atoms with Gasteiger partial charge in [0.15, 0.2) is 17.3 Å². The van der Waals surface area contributed by atoms with Crippen molar-refractivity contribution in [3.63, 3.8) is 0 Å². The lowest BCUT2D eigenvalue weighted by Crippen LogP contribution is -2.33. The predicted molar refractivity (Wildman–Crippen MR) is 124 cm³/mol. The van der Waals surface area contributed by atoms with Gasteiger partial charge in [-0.1, -0.05) is 38.1 Å². The molecule has 0 spiro atoms. The van der Waals surface area contributed by atoms with Crippen LogP contribution < -0.4 is 15.2 Å². The van der Waals surface area contributed by atoms with E-state index in [4.69, 9.17) is 19.9 Å². The fraction of sp³-hybridized carbons (Fsp3) is 0.333. The number of carbonyl (C=O) groups excluding carboxylic acids is 1. The number of nitrogens with two attached hydrogens (primary N) is 1. The number of hydrogen-bond acceptors (Lipinski definition) is 6. The third-order valence-electron chi connectivity index (χ3n) is 6.02. The maximum atomic E-state index is 14.0. The van der Waals surface area contributed by atoms with Crippen LogP contribution in [-0.2, 0) is 16.1 Å². The molecule has 2 N–H and O–H groups in total. The topological polar surface area (TPSA) is 94.6 Å². The average molecular weight is 463 g/mol. The molecular formula is C27H27FN2O4. The average Bonchev–Trinajstić information content (AvgIpc) is 2.77. The Bertz CT molecular complexity index is 1240. The quantitative estimate of drug-likeness (QED) is 0.630. The summed E-state index contributed by atoms with van der Waals surface area (Å²) < 4.78 is 31.4. The summed E-state index contributed by atoms with van der Waals surface area (Å²) in [4.78, 5) is 13.2. The van der Waals surface area contributed by atoms with Crippen molar-refractivity contribution in [2.45, 2.75) is 46.1 Å². The number of nitrogens with zero attached hydrogens (tertiary/aromatic N) is 1. The first-order valence-electron chi connectivity index (χ1n) is 11.2. The minimum Gasteiger partial charge on any atom is -0.490 e. The molecular weight excluding hydrogens is 435 g/mol. The molecule has 1 atom stereocenters. The Balaban J connectivity index is 1.73. The molecule has 1 unspecified atom stereocenters. The highest BCUT2D eigenvalue weighted by Gasteiger charge is 2.43. The number of ketones is 1. The second-order valence-corrected chi connectivity index (χ2v) is 9.22. The van der Waals surface area contributed by atoms with Crippen LogP contribution in [0.1, 0.15) is 50.7 Å². The van der Waals surface area contributed by atoms with E-state index in [-0.39, 0.29) is 35.1 Å². The number of allylic oxidation sites excluding steroid dienone is 3. The number of nitriles is 1. The molecule has 1 aliphatic carbocycles. The zero-order valence-corrected chi connectivity index (χ0v) is 19.5. The first kappa shape index (κ1) is 23.4. The number of benzene rings is 2. The molecule has 0 radical (unpaired) electrons. The van der Waals surface area contributed by atoms with Crippen molar-refractivity contribution in [1.29, 1.82) is 5.26 Å². The molecule has 34 heavy (non-hydrogen) atoms. The van der Waals surface area contributed by atoms with Crippen LogP contribution in [0.5, 0.6) is 11.5 Å². The summed E-state index contributed by atoms with van der Waals surface area (Å²) in [5.41, 5.74) is 7.60. The van der Waals surface area contributed by atoms with E-state index in [2.05, 4.69) is 6.07 Å². The van der Waals surface area contributed by atoms with Crippen LogP contribution in [-0.4, -0.2) is 12.4 Å². The van der Waals surface area contributed by atoms with Gasteiger partial charge in [0.25, 0.3) is 0 Å². The molecule has 7 heteroatoms. The minimum atomic E-state index is -0.655. The molecule has 1 aliphatic heterocycles. The predicted octanol–water partition coefficient (Wildman–Crippen LogP) is 5.25. The molecule has 0 fully saturated rings. The molecule has 176 valence electrons. The summed E-state index contributed by atoms with van der Waals surface area (Å²) in [5, 5.41) is 9.84. The molecule has 4 rings (SSSR count). The van der Waals surface area contributed by atoms with E-state index >= 15 is 0 Å². The van der Waals surface area contributed by atoms with Crippen molar-refractivity contribution in [1.82, 2.24) is 0 Å². The van der Waals surface area contributed by atoms with Gasteiger partial charge in [-0.15, -0.1) is 0 Å². The summed E-state index contributed by atoms with van der Waals surface area (Å²) in [6.07, 6.45) is 0.901. The fourth-order valence-electron chi connectivity index (χ4n) is 4.48. The van der Waals surface area contributed by atoms with Gasteiger partial charge in [-0.2, -0.15) is 5.26 Å². The number of ether oxygens (including phenoxy) is 3. The van der Waals surface area contributed by atoms with Crippen LogP contribution in [0.3, 0.4) is 0 Å². The molecule has 0 saturated carbocycles. The van der Waals surface area contributed by atoms with Gasteiger partial charge in [0, 0.05) is 24.0 Å². The molecule has 0 aromatic heterocycles. The number of carbonyl (C=O) groups is 1. The first-order valence-corrected chi connectivity index (χ1v) is 11.2. The Hall–Kier alpha value is -3.79. The Labute approximate surface area is 198 Å². The summed E-state index contributed by atoms with van der Waals surface area (Å²) in [6.45, 7) is 6.25. The highest BCUT2D eigenvalue weighted by Crippen LogP contribution is 2.48. The van der Waals surface area contributed by atoms with E-state index in [9.17, 15) is 14.4 Å².